The van der Waals surface area contributed by atoms with Gasteiger partial charge in [0.05, 0.1) is 14.2 Å². The molecule has 0 radical (unpaired) electrons. The number of methoxy groups -OCH3 is 2. The van der Waals surface area contributed by atoms with Crippen LogP contribution in [0.4, 0.5) is 5.69 Å². The van der Waals surface area contributed by atoms with Crippen LogP contribution in [0.2, 0.25) is 0 Å². The Hall–Kier alpha value is -2.56. The number of rotatable bonds is 4. The molecule has 0 fully saturated rings. The van der Waals surface area contributed by atoms with Gasteiger partial charge in [0.1, 0.15) is 0 Å². The highest BCUT2D eigenvalue weighted by molar-refractivity contribution is 6.04. The van der Waals surface area contributed by atoms with E-state index in [1.807, 2.05) is 6.92 Å². The van der Waals surface area contributed by atoms with Crippen LogP contribution < -0.4 is 14.8 Å². The molecular weight excluding hydrogens is 256 g/mol. The lowest BCUT2D eigenvalue weighted by Gasteiger charge is -2.10. The second-order valence-corrected chi connectivity index (χ2v) is 4.21. The summed E-state index contributed by atoms with van der Waals surface area (Å²) in [6, 6.07) is 8.61. The van der Waals surface area contributed by atoms with Crippen LogP contribution in [0.1, 0.15) is 16.1 Å². The van der Waals surface area contributed by atoms with Crippen molar-refractivity contribution in [1.29, 1.82) is 0 Å². The standard InChI is InChI=1S/C15H16N2O3/c1-10-8-11(6-7-16-10)15(18)17-12-4-5-13(19-2)14(9-12)20-3/h4-9H,1-3H3,(H,17,18). The van der Waals surface area contributed by atoms with E-state index in [9.17, 15) is 4.79 Å². The fraction of sp³-hybridized carbons (Fsp3) is 0.200. The molecule has 1 N–H and O–H groups in total. The van der Waals surface area contributed by atoms with Gasteiger partial charge in [0.15, 0.2) is 11.5 Å². The van der Waals surface area contributed by atoms with E-state index in [4.69, 9.17) is 9.47 Å². The number of aromatic nitrogens is 1. The maximum absolute atomic E-state index is 12.1. The molecule has 1 heterocycles. The van der Waals surface area contributed by atoms with Crippen molar-refractivity contribution in [2.75, 3.05) is 19.5 Å². The average molecular weight is 272 g/mol. The Balaban J connectivity index is 2.19. The summed E-state index contributed by atoms with van der Waals surface area (Å²) in [7, 11) is 3.12. The number of nitrogens with zero attached hydrogens (tertiary/aromatic N) is 1. The molecule has 0 saturated carbocycles. The number of benzene rings is 1. The molecule has 0 unspecified atom stereocenters. The van der Waals surface area contributed by atoms with Gasteiger partial charge in [0.25, 0.3) is 5.91 Å². The highest BCUT2D eigenvalue weighted by Gasteiger charge is 2.09. The van der Waals surface area contributed by atoms with E-state index in [2.05, 4.69) is 10.3 Å². The van der Waals surface area contributed by atoms with E-state index in [1.165, 1.54) is 0 Å². The van der Waals surface area contributed by atoms with Gasteiger partial charge in [0.2, 0.25) is 0 Å². The van der Waals surface area contributed by atoms with Crippen molar-refractivity contribution >= 4 is 11.6 Å². The maximum atomic E-state index is 12.1. The second kappa shape index (κ2) is 6.06. The Labute approximate surface area is 117 Å². The molecule has 2 rings (SSSR count). The minimum atomic E-state index is -0.192. The minimum absolute atomic E-state index is 0.192. The number of pyridine rings is 1. The van der Waals surface area contributed by atoms with Crippen LogP contribution in [0, 0.1) is 6.92 Å². The summed E-state index contributed by atoms with van der Waals surface area (Å²) in [6.45, 7) is 1.84. The molecule has 0 aliphatic heterocycles. The van der Waals surface area contributed by atoms with Gasteiger partial charge >= 0.3 is 0 Å². The Bertz CT molecular complexity index is 626. The Morgan fingerprint density at radius 1 is 1.10 bits per heavy atom. The van der Waals surface area contributed by atoms with Crippen molar-refractivity contribution in [2.45, 2.75) is 6.92 Å². The molecule has 1 aromatic heterocycles. The van der Waals surface area contributed by atoms with Crippen molar-refractivity contribution < 1.29 is 14.3 Å². The third-order valence-corrected chi connectivity index (χ3v) is 2.80. The third kappa shape index (κ3) is 3.06. The van der Waals surface area contributed by atoms with E-state index in [0.29, 0.717) is 22.7 Å². The number of hydrogen-bond acceptors (Lipinski definition) is 4. The number of anilines is 1. The van der Waals surface area contributed by atoms with Crippen LogP contribution in [0.5, 0.6) is 11.5 Å². The summed E-state index contributed by atoms with van der Waals surface area (Å²) in [6.07, 6.45) is 1.61. The normalized spacial score (nSPS) is 9.95. The molecule has 0 bridgehead atoms. The largest absolute Gasteiger partial charge is 0.493 e. The summed E-state index contributed by atoms with van der Waals surface area (Å²) >= 11 is 0. The first kappa shape index (κ1) is 13.9. The van der Waals surface area contributed by atoms with Gasteiger partial charge < -0.3 is 14.8 Å². The lowest BCUT2D eigenvalue weighted by atomic mass is 10.2. The number of carbonyl (C=O) groups excluding carboxylic acids is 1. The van der Waals surface area contributed by atoms with Crippen molar-refractivity contribution in [3.63, 3.8) is 0 Å². The van der Waals surface area contributed by atoms with Crippen LogP contribution in [0.3, 0.4) is 0 Å². The van der Waals surface area contributed by atoms with Gasteiger partial charge in [-0.05, 0) is 31.2 Å². The fourth-order valence-electron chi connectivity index (χ4n) is 1.80. The molecule has 0 saturated heterocycles. The van der Waals surface area contributed by atoms with E-state index in [0.717, 1.165) is 5.69 Å². The van der Waals surface area contributed by atoms with E-state index < -0.39 is 0 Å². The molecule has 0 aliphatic rings. The first-order chi connectivity index (χ1) is 9.63. The third-order valence-electron chi connectivity index (χ3n) is 2.80. The minimum Gasteiger partial charge on any atom is -0.493 e. The number of ether oxygens (including phenoxy) is 2. The second-order valence-electron chi connectivity index (χ2n) is 4.21. The monoisotopic (exact) mass is 272 g/mol. The highest BCUT2D eigenvalue weighted by atomic mass is 16.5. The predicted octanol–water partition coefficient (Wildman–Crippen LogP) is 2.66. The average Bonchev–Trinajstić information content (AvgIpc) is 2.47. The molecular formula is C15H16N2O3. The highest BCUT2D eigenvalue weighted by Crippen LogP contribution is 2.29. The fourth-order valence-corrected chi connectivity index (χ4v) is 1.80. The van der Waals surface area contributed by atoms with Gasteiger partial charge in [-0.15, -0.1) is 0 Å². The summed E-state index contributed by atoms with van der Waals surface area (Å²) in [5.41, 5.74) is 2.00. The van der Waals surface area contributed by atoms with Crippen molar-refractivity contribution in [2.24, 2.45) is 0 Å². The first-order valence-electron chi connectivity index (χ1n) is 6.10. The molecule has 0 aliphatic carbocycles. The molecule has 2 aromatic rings. The van der Waals surface area contributed by atoms with Crippen molar-refractivity contribution in [3.8, 4) is 11.5 Å². The Kier molecular flexibility index (Phi) is 4.20. The molecule has 5 nitrogen and oxygen atoms in total. The van der Waals surface area contributed by atoms with E-state index in [-0.39, 0.29) is 5.91 Å². The van der Waals surface area contributed by atoms with E-state index in [1.54, 1.807) is 50.7 Å². The number of aryl methyl sites for hydroxylation is 1. The number of carbonyl (C=O) groups is 1. The number of amides is 1. The molecule has 5 heteroatoms. The van der Waals surface area contributed by atoms with Crippen LogP contribution in [0.25, 0.3) is 0 Å². The summed E-state index contributed by atoms with van der Waals surface area (Å²) in [4.78, 5) is 16.2. The van der Waals surface area contributed by atoms with Crippen LogP contribution in [-0.4, -0.2) is 25.1 Å². The van der Waals surface area contributed by atoms with Crippen LogP contribution in [-0.2, 0) is 0 Å². The molecule has 1 amide bonds. The summed E-state index contributed by atoms with van der Waals surface area (Å²) in [5.74, 6) is 0.990. The van der Waals surface area contributed by atoms with Crippen molar-refractivity contribution in [1.82, 2.24) is 4.98 Å². The number of nitrogens with one attached hydrogen (secondary N) is 1. The zero-order valence-electron chi connectivity index (χ0n) is 11.6. The zero-order chi connectivity index (χ0) is 14.5. The van der Waals surface area contributed by atoms with Gasteiger partial charge in [-0.2, -0.15) is 0 Å². The lowest BCUT2D eigenvalue weighted by Crippen LogP contribution is -2.12. The lowest BCUT2D eigenvalue weighted by molar-refractivity contribution is 0.102. The Morgan fingerprint density at radius 3 is 2.50 bits per heavy atom. The van der Waals surface area contributed by atoms with Crippen LogP contribution >= 0.6 is 0 Å². The zero-order valence-corrected chi connectivity index (χ0v) is 11.6. The Morgan fingerprint density at radius 2 is 1.85 bits per heavy atom. The predicted molar refractivity (Wildman–Crippen MR) is 76.5 cm³/mol. The summed E-state index contributed by atoms with van der Waals surface area (Å²) < 4.78 is 10.3. The molecule has 1 aromatic carbocycles. The molecule has 0 atom stereocenters. The van der Waals surface area contributed by atoms with Gasteiger partial charge in [-0.3, -0.25) is 9.78 Å². The van der Waals surface area contributed by atoms with Crippen molar-refractivity contribution in [3.05, 3.63) is 47.8 Å². The quantitative estimate of drug-likeness (QED) is 0.929. The molecule has 0 spiro atoms. The maximum Gasteiger partial charge on any atom is 0.255 e. The van der Waals surface area contributed by atoms with Gasteiger partial charge in [0, 0.05) is 29.2 Å². The topological polar surface area (TPSA) is 60.5 Å². The van der Waals surface area contributed by atoms with E-state index >= 15 is 0 Å². The number of hydrogen-bond donors (Lipinski definition) is 1. The van der Waals surface area contributed by atoms with Gasteiger partial charge in [-0.25, -0.2) is 0 Å². The molecule has 104 valence electrons. The van der Waals surface area contributed by atoms with Crippen LogP contribution in [0.15, 0.2) is 36.5 Å². The smallest absolute Gasteiger partial charge is 0.255 e. The molecule has 20 heavy (non-hydrogen) atoms. The SMILES string of the molecule is COc1ccc(NC(=O)c2ccnc(C)c2)cc1OC. The first-order valence-corrected chi connectivity index (χ1v) is 6.10. The summed E-state index contributed by atoms with van der Waals surface area (Å²) in [5, 5.41) is 2.81. The van der Waals surface area contributed by atoms with Gasteiger partial charge in [-0.1, -0.05) is 0 Å².